The molecule has 28 heavy (non-hydrogen) atoms. The lowest BCUT2D eigenvalue weighted by molar-refractivity contribution is -0.915. The minimum absolute atomic E-state index is 0.168. The molecule has 0 saturated carbocycles. The lowest BCUT2D eigenvalue weighted by atomic mass is 9.70. The molecule has 1 unspecified atom stereocenters. The first-order chi connectivity index (χ1) is 13.7. The predicted molar refractivity (Wildman–Crippen MR) is 111 cm³/mol. The molecule has 0 aliphatic carbocycles. The maximum Gasteiger partial charge on any atom is 0.161 e. The first kappa shape index (κ1) is 19.0. The van der Waals surface area contributed by atoms with E-state index in [1.165, 1.54) is 16.7 Å². The predicted octanol–water partition coefficient (Wildman–Crippen LogP) is 2.86. The number of hydrogen-bond acceptors (Lipinski definition) is 3. The summed E-state index contributed by atoms with van der Waals surface area (Å²) in [6.45, 7) is 4.84. The van der Waals surface area contributed by atoms with E-state index in [-0.39, 0.29) is 5.41 Å². The zero-order chi connectivity index (χ0) is 19.4. The molecule has 0 aromatic heterocycles. The van der Waals surface area contributed by atoms with Crippen LogP contribution < -0.4 is 14.4 Å². The number of methoxy groups -OCH3 is 2. The van der Waals surface area contributed by atoms with E-state index < -0.39 is 0 Å². The van der Waals surface area contributed by atoms with Gasteiger partial charge < -0.3 is 19.1 Å². The van der Waals surface area contributed by atoms with Gasteiger partial charge in [-0.3, -0.25) is 0 Å². The molecule has 148 valence electrons. The molecule has 0 amide bonds. The second-order valence-corrected chi connectivity index (χ2v) is 7.88. The van der Waals surface area contributed by atoms with Crippen LogP contribution >= 0.6 is 0 Å². The Morgan fingerprint density at radius 3 is 2.46 bits per heavy atom. The standard InChI is InChI=1S/C24H29NO3/c1-26-22-15-20-17-25(12-6-9-19-7-4-3-5-8-19)18-24(10-13-28-14-11-24)21(20)16-23(22)27-2/h3-9,15-16H,10-14,17-18H2,1-2H3/p+1. The Bertz CT molecular complexity index is 825. The molecule has 0 radical (unpaired) electrons. The smallest absolute Gasteiger partial charge is 0.161 e. The average Bonchev–Trinajstić information content (AvgIpc) is 2.74. The van der Waals surface area contributed by atoms with Gasteiger partial charge >= 0.3 is 0 Å². The highest BCUT2D eigenvalue weighted by Gasteiger charge is 2.44. The molecule has 4 nitrogen and oxygen atoms in total. The van der Waals surface area contributed by atoms with Crippen molar-refractivity contribution in [3.05, 3.63) is 65.2 Å². The summed E-state index contributed by atoms with van der Waals surface area (Å²) >= 11 is 0. The van der Waals surface area contributed by atoms with Crippen LogP contribution in [0.2, 0.25) is 0 Å². The van der Waals surface area contributed by atoms with Crippen LogP contribution in [0.15, 0.2) is 48.5 Å². The van der Waals surface area contributed by atoms with Crippen molar-refractivity contribution in [1.29, 1.82) is 0 Å². The fourth-order valence-electron chi connectivity index (χ4n) is 4.75. The SMILES string of the molecule is COc1cc2c(cc1OC)C1(CCOCC1)C[NH+](CC=Cc1ccccc1)C2. The van der Waals surface area contributed by atoms with Crippen LogP contribution in [0.5, 0.6) is 11.5 Å². The monoisotopic (exact) mass is 380 g/mol. The third kappa shape index (κ3) is 3.80. The normalized spacial score (nSPS) is 20.9. The van der Waals surface area contributed by atoms with E-state index in [1.807, 2.05) is 0 Å². The van der Waals surface area contributed by atoms with Crippen molar-refractivity contribution in [3.8, 4) is 11.5 Å². The van der Waals surface area contributed by atoms with Crippen molar-refractivity contribution >= 4 is 6.08 Å². The van der Waals surface area contributed by atoms with Crippen molar-refractivity contribution in [2.45, 2.75) is 24.8 Å². The highest BCUT2D eigenvalue weighted by atomic mass is 16.5. The Balaban J connectivity index is 1.61. The zero-order valence-corrected chi connectivity index (χ0v) is 16.9. The topological polar surface area (TPSA) is 32.1 Å². The van der Waals surface area contributed by atoms with Gasteiger partial charge in [0, 0.05) is 24.2 Å². The molecule has 1 atom stereocenters. The van der Waals surface area contributed by atoms with Gasteiger partial charge in [0.2, 0.25) is 0 Å². The van der Waals surface area contributed by atoms with Crippen molar-refractivity contribution in [2.75, 3.05) is 40.5 Å². The zero-order valence-electron chi connectivity index (χ0n) is 16.9. The highest BCUT2D eigenvalue weighted by Crippen LogP contribution is 2.42. The van der Waals surface area contributed by atoms with Crippen molar-refractivity contribution in [2.24, 2.45) is 0 Å². The maximum atomic E-state index is 5.71. The fraction of sp³-hybridized carbons (Fsp3) is 0.417. The van der Waals surface area contributed by atoms with E-state index >= 15 is 0 Å². The number of fused-ring (bicyclic) bond motifs is 2. The van der Waals surface area contributed by atoms with Crippen LogP contribution in [0.1, 0.15) is 29.5 Å². The summed E-state index contributed by atoms with van der Waals surface area (Å²) < 4.78 is 16.9. The minimum atomic E-state index is 0.168. The average molecular weight is 381 g/mol. The lowest BCUT2D eigenvalue weighted by Crippen LogP contribution is -3.13. The third-order valence-corrected chi connectivity index (χ3v) is 6.18. The van der Waals surface area contributed by atoms with Gasteiger partial charge in [0.15, 0.2) is 11.5 Å². The Morgan fingerprint density at radius 1 is 1.04 bits per heavy atom. The van der Waals surface area contributed by atoms with E-state index in [4.69, 9.17) is 14.2 Å². The summed E-state index contributed by atoms with van der Waals surface area (Å²) in [5.74, 6) is 1.66. The van der Waals surface area contributed by atoms with Crippen LogP contribution in [-0.2, 0) is 16.7 Å². The molecule has 2 aromatic carbocycles. The second kappa shape index (κ2) is 8.38. The number of quaternary nitrogens is 1. The Hall–Kier alpha value is -2.30. The maximum absolute atomic E-state index is 5.71. The van der Waals surface area contributed by atoms with E-state index in [1.54, 1.807) is 19.1 Å². The van der Waals surface area contributed by atoms with Gasteiger partial charge in [-0.2, -0.15) is 0 Å². The number of nitrogens with one attached hydrogen (secondary N) is 1. The van der Waals surface area contributed by atoms with Crippen LogP contribution in [0, 0.1) is 0 Å². The van der Waals surface area contributed by atoms with E-state index in [0.29, 0.717) is 0 Å². The minimum Gasteiger partial charge on any atom is -0.493 e. The van der Waals surface area contributed by atoms with Crippen molar-refractivity contribution in [1.82, 2.24) is 0 Å². The molecule has 2 aliphatic rings. The Kier molecular flexibility index (Phi) is 5.69. The third-order valence-electron chi connectivity index (χ3n) is 6.18. The van der Waals surface area contributed by atoms with Gasteiger partial charge in [-0.25, -0.2) is 0 Å². The molecule has 2 heterocycles. The highest BCUT2D eigenvalue weighted by molar-refractivity contribution is 5.51. The molecule has 1 N–H and O–H groups in total. The summed E-state index contributed by atoms with van der Waals surface area (Å²) in [5.41, 5.74) is 4.24. The van der Waals surface area contributed by atoms with Gasteiger partial charge in [0.25, 0.3) is 0 Å². The first-order valence-corrected chi connectivity index (χ1v) is 10.1. The van der Waals surface area contributed by atoms with Crippen LogP contribution in [0.4, 0.5) is 0 Å². The second-order valence-electron chi connectivity index (χ2n) is 7.88. The first-order valence-electron chi connectivity index (χ1n) is 10.1. The number of benzene rings is 2. The van der Waals surface area contributed by atoms with Crippen LogP contribution in [0.3, 0.4) is 0 Å². The van der Waals surface area contributed by atoms with Gasteiger partial charge in [0.05, 0.1) is 27.3 Å². The summed E-state index contributed by atoms with van der Waals surface area (Å²) in [6, 6.07) is 14.9. The van der Waals surface area contributed by atoms with E-state index in [9.17, 15) is 0 Å². The largest absolute Gasteiger partial charge is 0.493 e. The van der Waals surface area contributed by atoms with Gasteiger partial charge in [-0.05, 0) is 42.2 Å². The van der Waals surface area contributed by atoms with E-state index in [2.05, 4.69) is 54.6 Å². The Morgan fingerprint density at radius 2 is 1.75 bits per heavy atom. The molecule has 1 spiro atoms. The molecule has 2 aromatic rings. The van der Waals surface area contributed by atoms with Gasteiger partial charge in [-0.1, -0.05) is 36.4 Å². The lowest BCUT2D eigenvalue weighted by Gasteiger charge is -2.44. The number of ether oxygens (including phenoxy) is 3. The number of rotatable bonds is 5. The summed E-state index contributed by atoms with van der Waals surface area (Å²) in [5, 5.41) is 0. The molecule has 1 saturated heterocycles. The fourth-order valence-corrected chi connectivity index (χ4v) is 4.75. The molecular formula is C24H30NO3+. The van der Waals surface area contributed by atoms with Crippen molar-refractivity contribution in [3.63, 3.8) is 0 Å². The molecular weight excluding hydrogens is 350 g/mol. The quantitative estimate of drug-likeness (QED) is 0.866. The summed E-state index contributed by atoms with van der Waals surface area (Å²) in [4.78, 5) is 1.59. The van der Waals surface area contributed by atoms with E-state index in [0.717, 1.165) is 57.2 Å². The van der Waals surface area contributed by atoms with Crippen molar-refractivity contribution < 1.29 is 19.1 Å². The molecule has 1 fully saturated rings. The Labute approximate surface area is 167 Å². The molecule has 4 rings (SSSR count). The summed E-state index contributed by atoms with van der Waals surface area (Å²) in [7, 11) is 3.43. The van der Waals surface area contributed by atoms with Gasteiger partial charge in [0.1, 0.15) is 6.54 Å². The van der Waals surface area contributed by atoms with Crippen LogP contribution in [-0.4, -0.2) is 40.5 Å². The van der Waals surface area contributed by atoms with Crippen LogP contribution in [0.25, 0.3) is 6.08 Å². The summed E-state index contributed by atoms with van der Waals surface area (Å²) in [6.07, 6.45) is 6.68. The van der Waals surface area contributed by atoms with Gasteiger partial charge in [-0.15, -0.1) is 0 Å². The molecule has 2 aliphatic heterocycles. The number of hydrogen-bond donors (Lipinski definition) is 1. The molecule has 4 heteroatoms. The molecule has 0 bridgehead atoms.